The van der Waals surface area contributed by atoms with Crippen molar-refractivity contribution in [1.82, 2.24) is 20.4 Å². The molecule has 1 aliphatic heterocycles. The molecule has 1 saturated heterocycles. The molecule has 1 rings (SSSR count). The molecule has 0 aromatic rings. The topological polar surface area (TPSA) is 180 Å². The number of thioether (sulfide) groups is 2. The lowest BCUT2D eigenvalue weighted by Crippen LogP contribution is -2.61. The monoisotopic (exact) mass is 1450 g/mol. The Labute approximate surface area is 627 Å². The number of carbonyl (C=O) groups is 4. The number of aliphatic hydroxyl groups excluding tert-OH is 4. The highest BCUT2D eigenvalue weighted by Crippen LogP contribution is 2.22. The fraction of sp³-hybridized carbons (Fsp3) is 0.953. The molecule has 592 valence electrons. The summed E-state index contributed by atoms with van der Waals surface area (Å²) in [6.45, 7) is 12.1. The Morgan fingerprint density at radius 3 is 0.650 bits per heavy atom. The lowest BCUT2D eigenvalue weighted by molar-refractivity contribution is -0.137. The second kappa shape index (κ2) is 74.6. The number of amides is 2. The Balaban J connectivity index is 2.61. The second-order valence-corrected chi connectivity index (χ2v) is 33.6. The molecule has 0 bridgehead atoms. The molecule has 2 amide bonds. The van der Waals surface area contributed by atoms with Crippen LogP contribution in [0.25, 0.3) is 0 Å². The van der Waals surface area contributed by atoms with Crippen LogP contribution in [0, 0.1) is 0 Å². The maximum Gasteiger partial charge on any atom is 0.243 e. The van der Waals surface area contributed by atoms with Gasteiger partial charge in [-0.15, -0.1) is 0 Å². The van der Waals surface area contributed by atoms with Gasteiger partial charge in [0.25, 0.3) is 0 Å². The molecule has 1 aliphatic rings. The van der Waals surface area contributed by atoms with E-state index in [1.54, 1.807) is 0 Å². The summed E-state index contributed by atoms with van der Waals surface area (Å²) in [5.74, 6) is 0.332. The van der Waals surface area contributed by atoms with Crippen LogP contribution in [0.5, 0.6) is 0 Å². The molecule has 0 aliphatic carbocycles. The van der Waals surface area contributed by atoms with Gasteiger partial charge < -0.3 is 31.1 Å². The van der Waals surface area contributed by atoms with Crippen LogP contribution >= 0.6 is 23.5 Å². The Hall–Kier alpha value is -1.26. The van der Waals surface area contributed by atoms with E-state index in [9.17, 15) is 39.6 Å². The largest absolute Gasteiger partial charge is 0.392 e. The highest BCUT2D eigenvalue weighted by molar-refractivity contribution is 8.13. The molecule has 0 aromatic carbocycles. The second-order valence-electron chi connectivity index (χ2n) is 31.3. The number of hydrogen-bond donors (Lipinski definition) is 6. The zero-order valence-electron chi connectivity index (χ0n) is 66.5. The molecule has 0 saturated carbocycles. The molecular weight excluding hydrogens is 1280 g/mol. The first-order valence-corrected chi connectivity index (χ1v) is 46.0. The Morgan fingerprint density at radius 2 is 0.470 bits per heavy atom. The molecule has 14 heteroatoms. The van der Waals surface area contributed by atoms with Crippen LogP contribution in [0.1, 0.15) is 439 Å². The zero-order valence-corrected chi connectivity index (χ0v) is 68.1. The van der Waals surface area contributed by atoms with Crippen molar-refractivity contribution >= 4 is 45.6 Å². The highest BCUT2D eigenvalue weighted by atomic mass is 32.2. The van der Waals surface area contributed by atoms with Crippen LogP contribution in [0.4, 0.5) is 0 Å². The summed E-state index contributed by atoms with van der Waals surface area (Å²) in [5, 5.41) is 50.5. The van der Waals surface area contributed by atoms with Gasteiger partial charge in [0, 0.05) is 63.6 Å². The van der Waals surface area contributed by atoms with E-state index in [4.69, 9.17) is 0 Å². The summed E-state index contributed by atoms with van der Waals surface area (Å²) in [6.07, 6.45) is 74.1. The number of unbranched alkanes of at least 4 members (excludes halogenated alkanes) is 52. The van der Waals surface area contributed by atoms with Crippen molar-refractivity contribution < 1.29 is 39.6 Å². The van der Waals surface area contributed by atoms with Crippen molar-refractivity contribution in [2.45, 2.75) is 475 Å². The van der Waals surface area contributed by atoms with Gasteiger partial charge in [0.05, 0.1) is 24.4 Å². The SMILES string of the molecule is CCCCCCCCCCCCCCCCC(O)CN(CCSC(=O)CCC1NC(=O)C(CCC(=O)SCCN(CC(O)CCCCCCCCCCCCCCCC)CC(O)CCCCCCCCCCCCCCCC)NC1=O)CC(O)CCCCCCCCCCCCCCCC. The number of hydrogen-bond acceptors (Lipinski definition) is 12. The van der Waals surface area contributed by atoms with E-state index in [-0.39, 0.29) is 47.7 Å². The van der Waals surface area contributed by atoms with Crippen LogP contribution in [0.15, 0.2) is 0 Å². The van der Waals surface area contributed by atoms with Crippen LogP contribution < -0.4 is 10.6 Å². The maximum atomic E-state index is 13.3. The third-order valence-corrected chi connectivity index (χ3v) is 23.1. The summed E-state index contributed by atoms with van der Waals surface area (Å²) >= 11 is 2.43. The van der Waals surface area contributed by atoms with Crippen LogP contribution in [-0.2, 0) is 19.2 Å². The third kappa shape index (κ3) is 65.1. The molecule has 1 fully saturated rings. The van der Waals surface area contributed by atoms with Gasteiger partial charge in [0.15, 0.2) is 10.2 Å². The molecule has 0 aromatic heterocycles. The number of piperazine rings is 1. The fourth-order valence-corrected chi connectivity index (χ4v) is 16.4. The summed E-state index contributed by atoms with van der Waals surface area (Å²) in [5.41, 5.74) is 0. The summed E-state index contributed by atoms with van der Waals surface area (Å²) in [4.78, 5) is 57.5. The normalized spacial score (nSPS) is 15.5. The summed E-state index contributed by atoms with van der Waals surface area (Å²) < 4.78 is 0. The fourth-order valence-electron chi connectivity index (χ4n) is 14.7. The standard InChI is InChI=1S/C86H168N4O8S2/c1-5-9-13-17-21-25-29-33-37-41-45-49-53-57-61-77(91)73-89(74-78(92)62-58-54-50-46-42-38-34-30-26-22-18-14-10-6-2)69-71-99-83(95)67-65-81-85(97)88-82(86(98)87-81)66-68-84(96)100-72-70-90(75-79(93)63-59-55-51-47-43-39-35-31-27-23-19-15-11-7-3)76-80(94)64-60-56-52-48-44-40-36-32-28-24-20-16-12-8-4/h77-82,91-94H,5-76H2,1-4H3,(H,87,98)(H,88,97). The first-order chi connectivity index (χ1) is 48.9. The van der Waals surface area contributed by atoms with Gasteiger partial charge in [-0.1, -0.05) is 411 Å². The number of rotatable bonds is 80. The van der Waals surface area contributed by atoms with Crippen molar-refractivity contribution in [2.75, 3.05) is 50.8 Å². The number of carbonyl (C=O) groups excluding carboxylic acids is 4. The van der Waals surface area contributed by atoms with E-state index in [1.165, 1.54) is 332 Å². The minimum Gasteiger partial charge on any atom is -0.392 e. The predicted octanol–water partition coefficient (Wildman–Crippen LogP) is 22.6. The molecule has 6 N–H and O–H groups in total. The maximum absolute atomic E-state index is 13.3. The summed E-state index contributed by atoms with van der Waals surface area (Å²) in [6, 6.07) is -1.66. The van der Waals surface area contributed by atoms with Gasteiger partial charge in [-0.25, -0.2) is 0 Å². The van der Waals surface area contributed by atoms with Gasteiger partial charge in [-0.3, -0.25) is 29.0 Å². The van der Waals surface area contributed by atoms with E-state index in [0.29, 0.717) is 50.8 Å². The highest BCUT2D eigenvalue weighted by Gasteiger charge is 2.34. The van der Waals surface area contributed by atoms with Crippen LogP contribution in [-0.4, -0.2) is 140 Å². The van der Waals surface area contributed by atoms with E-state index >= 15 is 0 Å². The van der Waals surface area contributed by atoms with Crippen molar-refractivity contribution in [3.63, 3.8) is 0 Å². The van der Waals surface area contributed by atoms with Crippen molar-refractivity contribution in [3.8, 4) is 0 Å². The smallest absolute Gasteiger partial charge is 0.243 e. The van der Waals surface area contributed by atoms with Gasteiger partial charge in [-0.2, -0.15) is 0 Å². The van der Waals surface area contributed by atoms with E-state index in [0.717, 1.165) is 77.0 Å². The number of nitrogens with zero attached hydrogens (tertiary/aromatic N) is 2. The zero-order chi connectivity index (χ0) is 72.7. The lowest BCUT2D eigenvalue weighted by Gasteiger charge is -2.29. The summed E-state index contributed by atoms with van der Waals surface area (Å²) in [7, 11) is 0. The molecule has 0 spiro atoms. The number of nitrogens with one attached hydrogen (secondary N) is 2. The molecule has 6 atom stereocenters. The minimum atomic E-state index is -0.828. The Morgan fingerprint density at radius 1 is 0.300 bits per heavy atom. The van der Waals surface area contributed by atoms with Crippen LogP contribution in [0.2, 0.25) is 0 Å². The minimum absolute atomic E-state index is 0.0599. The number of aliphatic hydroxyl groups is 4. The predicted molar refractivity (Wildman–Crippen MR) is 434 cm³/mol. The first-order valence-electron chi connectivity index (χ1n) is 44.0. The third-order valence-electron chi connectivity index (χ3n) is 21.3. The molecular formula is C86H168N4O8S2. The molecule has 100 heavy (non-hydrogen) atoms. The quantitative estimate of drug-likeness (QED) is 0.0318. The first kappa shape index (κ1) is 96.8. The Kier molecular flexibility index (Phi) is 72.2. The van der Waals surface area contributed by atoms with Gasteiger partial charge in [-0.05, 0) is 38.5 Å². The van der Waals surface area contributed by atoms with E-state index in [1.807, 2.05) is 0 Å². The average molecular weight is 1450 g/mol. The Bertz CT molecular complexity index is 1580. The van der Waals surface area contributed by atoms with Crippen LogP contribution in [0.3, 0.4) is 0 Å². The van der Waals surface area contributed by atoms with Gasteiger partial charge in [0.1, 0.15) is 12.1 Å². The van der Waals surface area contributed by atoms with E-state index in [2.05, 4.69) is 48.1 Å². The molecule has 6 unspecified atom stereocenters. The van der Waals surface area contributed by atoms with Crippen molar-refractivity contribution in [1.29, 1.82) is 0 Å². The molecule has 1 heterocycles. The van der Waals surface area contributed by atoms with Gasteiger partial charge in [0.2, 0.25) is 11.8 Å². The van der Waals surface area contributed by atoms with E-state index < -0.39 is 36.5 Å². The molecule has 0 radical (unpaired) electrons. The van der Waals surface area contributed by atoms with Crippen molar-refractivity contribution in [3.05, 3.63) is 0 Å². The van der Waals surface area contributed by atoms with Gasteiger partial charge >= 0.3 is 0 Å². The molecule has 12 nitrogen and oxygen atoms in total. The van der Waals surface area contributed by atoms with Crippen molar-refractivity contribution in [2.24, 2.45) is 0 Å². The lowest BCUT2D eigenvalue weighted by atomic mass is 10.0. The average Bonchev–Trinajstić information content (AvgIpc) is 0.850.